The first-order chi connectivity index (χ1) is 18.6. The second-order valence-electron chi connectivity index (χ2n) is 9.34. The topological polar surface area (TPSA) is 125 Å². The Kier molecular flexibility index (Phi) is 5.43. The van der Waals surface area contributed by atoms with Crippen molar-refractivity contribution in [3.63, 3.8) is 0 Å². The predicted molar refractivity (Wildman–Crippen MR) is 144 cm³/mol. The number of anilines is 1. The number of hydrogen-bond donors (Lipinski definition) is 3. The van der Waals surface area contributed by atoms with Crippen LogP contribution in [0.3, 0.4) is 0 Å². The van der Waals surface area contributed by atoms with Crippen LogP contribution >= 0.6 is 11.3 Å². The van der Waals surface area contributed by atoms with E-state index in [0.717, 1.165) is 53.6 Å². The number of imidazole rings is 1. The predicted octanol–water partition coefficient (Wildman–Crippen LogP) is 5.95. The lowest BCUT2D eigenvalue weighted by atomic mass is 10.1. The molecular formula is C27H21FN8OS. The number of rotatable bonds is 5. The molecule has 0 aliphatic heterocycles. The lowest BCUT2D eigenvalue weighted by Crippen LogP contribution is -2.20. The summed E-state index contributed by atoms with van der Waals surface area (Å²) < 4.78 is 13.7. The van der Waals surface area contributed by atoms with Crippen molar-refractivity contribution in [1.29, 1.82) is 0 Å². The van der Waals surface area contributed by atoms with Gasteiger partial charge in [0.1, 0.15) is 16.7 Å². The molecule has 1 aliphatic carbocycles. The van der Waals surface area contributed by atoms with Gasteiger partial charge in [-0.05, 0) is 49.2 Å². The van der Waals surface area contributed by atoms with Crippen molar-refractivity contribution in [1.82, 2.24) is 35.1 Å². The van der Waals surface area contributed by atoms with Crippen LogP contribution in [-0.2, 0) is 4.79 Å². The fourth-order valence-corrected chi connectivity index (χ4v) is 5.70. The number of amides is 1. The number of carbonyl (C=O) groups excluding carboxylic acids is 1. The van der Waals surface area contributed by atoms with Crippen molar-refractivity contribution in [2.75, 3.05) is 5.32 Å². The Balaban J connectivity index is 1.24. The fraction of sp³-hybridized carbons (Fsp3) is 0.185. The average molecular weight is 525 g/mol. The number of thiophene rings is 1. The molecule has 0 unspecified atom stereocenters. The van der Waals surface area contributed by atoms with Gasteiger partial charge < -0.3 is 10.3 Å². The first-order valence-electron chi connectivity index (χ1n) is 12.3. The second-order valence-corrected chi connectivity index (χ2v) is 10.4. The summed E-state index contributed by atoms with van der Waals surface area (Å²) in [5.74, 6) is 0.642. The number of aromatic nitrogens is 7. The monoisotopic (exact) mass is 524 g/mol. The highest BCUT2D eigenvalue weighted by molar-refractivity contribution is 7.13. The molecule has 0 radical (unpaired) electrons. The normalized spacial score (nSPS) is 14.0. The SMILES string of the molecule is O=C(Nc1cncc(-c2ccc3[nH]nc(-c4nc5c(-c6ccc(F)s6)nccc5[nH]4)c3n2)c1)C1CCCC1. The van der Waals surface area contributed by atoms with E-state index < -0.39 is 0 Å². The molecule has 1 amide bonds. The van der Waals surface area contributed by atoms with Crippen LogP contribution in [0.25, 0.3) is 55.4 Å². The largest absolute Gasteiger partial charge is 0.336 e. The lowest BCUT2D eigenvalue weighted by Gasteiger charge is -2.11. The van der Waals surface area contributed by atoms with Gasteiger partial charge in [-0.15, -0.1) is 11.3 Å². The third-order valence-electron chi connectivity index (χ3n) is 6.87. The minimum atomic E-state index is -0.277. The highest BCUT2D eigenvalue weighted by Crippen LogP contribution is 2.33. The summed E-state index contributed by atoms with van der Waals surface area (Å²) in [6.07, 6.45) is 9.11. The van der Waals surface area contributed by atoms with Crippen molar-refractivity contribution in [2.45, 2.75) is 25.7 Å². The standard InChI is InChI=1S/C27H21FN8OS/c28-21-8-7-20(38-21)24-22-18(9-10-30-24)33-26(34-22)25-23-19(35-36-25)6-5-17(32-23)15-11-16(13-29-12-15)31-27(37)14-3-1-2-4-14/h5-14H,1-4H2,(H,31,37)(H,33,34)(H,35,36). The van der Waals surface area contributed by atoms with Gasteiger partial charge in [0.25, 0.3) is 0 Å². The molecule has 7 rings (SSSR count). The Bertz CT molecular complexity index is 1820. The molecule has 11 heteroatoms. The van der Waals surface area contributed by atoms with Crippen molar-refractivity contribution < 1.29 is 9.18 Å². The Morgan fingerprint density at radius 3 is 2.71 bits per heavy atom. The van der Waals surface area contributed by atoms with Crippen LogP contribution in [0.2, 0.25) is 0 Å². The molecule has 6 aromatic rings. The summed E-state index contributed by atoms with van der Waals surface area (Å²) in [4.78, 5) is 35.0. The maximum atomic E-state index is 13.7. The first-order valence-corrected chi connectivity index (χ1v) is 13.2. The van der Waals surface area contributed by atoms with Gasteiger partial charge in [-0.25, -0.2) is 9.97 Å². The molecule has 0 aromatic carbocycles. The summed E-state index contributed by atoms with van der Waals surface area (Å²) in [7, 11) is 0. The van der Waals surface area contributed by atoms with Gasteiger partial charge in [-0.3, -0.25) is 19.9 Å². The van der Waals surface area contributed by atoms with Crippen LogP contribution in [0.1, 0.15) is 25.7 Å². The number of carbonyl (C=O) groups is 1. The zero-order valence-electron chi connectivity index (χ0n) is 20.0. The number of aromatic amines is 2. The van der Waals surface area contributed by atoms with Crippen LogP contribution in [0.15, 0.2) is 55.0 Å². The Morgan fingerprint density at radius 2 is 1.87 bits per heavy atom. The van der Waals surface area contributed by atoms with Crippen LogP contribution in [-0.4, -0.2) is 41.0 Å². The fourth-order valence-electron chi connectivity index (χ4n) is 4.97. The number of halogens is 1. The maximum Gasteiger partial charge on any atom is 0.227 e. The number of H-pyrrole nitrogens is 2. The minimum Gasteiger partial charge on any atom is -0.336 e. The van der Waals surface area contributed by atoms with Crippen LogP contribution in [0.4, 0.5) is 10.1 Å². The van der Waals surface area contributed by atoms with E-state index in [1.807, 2.05) is 24.3 Å². The van der Waals surface area contributed by atoms with Gasteiger partial charge in [0.15, 0.2) is 16.6 Å². The molecule has 3 N–H and O–H groups in total. The van der Waals surface area contributed by atoms with E-state index in [9.17, 15) is 9.18 Å². The van der Waals surface area contributed by atoms with E-state index in [4.69, 9.17) is 9.97 Å². The van der Waals surface area contributed by atoms with E-state index in [2.05, 4.69) is 30.5 Å². The van der Waals surface area contributed by atoms with E-state index >= 15 is 0 Å². The number of nitrogens with one attached hydrogen (secondary N) is 3. The Hall–Kier alpha value is -4.51. The third kappa shape index (κ3) is 4.01. The van der Waals surface area contributed by atoms with E-state index in [0.29, 0.717) is 44.5 Å². The van der Waals surface area contributed by atoms with Gasteiger partial charge in [0, 0.05) is 23.9 Å². The number of pyridine rings is 3. The van der Waals surface area contributed by atoms with Gasteiger partial charge in [-0.1, -0.05) is 12.8 Å². The first kappa shape index (κ1) is 22.7. The van der Waals surface area contributed by atoms with Crippen LogP contribution in [0.5, 0.6) is 0 Å². The zero-order chi connectivity index (χ0) is 25.6. The molecule has 9 nitrogen and oxygen atoms in total. The molecule has 1 aliphatic rings. The third-order valence-corrected chi connectivity index (χ3v) is 7.75. The van der Waals surface area contributed by atoms with Crippen LogP contribution < -0.4 is 5.32 Å². The van der Waals surface area contributed by atoms with Crippen molar-refractivity contribution >= 4 is 45.0 Å². The van der Waals surface area contributed by atoms with Gasteiger partial charge in [0.2, 0.25) is 5.91 Å². The number of nitrogens with zero attached hydrogens (tertiary/aromatic N) is 5. The van der Waals surface area contributed by atoms with Gasteiger partial charge in [0.05, 0.1) is 33.5 Å². The van der Waals surface area contributed by atoms with Gasteiger partial charge >= 0.3 is 0 Å². The number of fused-ring (bicyclic) bond motifs is 2. The molecule has 1 saturated carbocycles. The van der Waals surface area contributed by atoms with E-state index in [-0.39, 0.29) is 17.0 Å². The molecule has 0 atom stereocenters. The Morgan fingerprint density at radius 1 is 1.00 bits per heavy atom. The molecular weight excluding hydrogens is 503 g/mol. The van der Waals surface area contributed by atoms with E-state index in [1.54, 1.807) is 24.7 Å². The second kappa shape index (κ2) is 9.10. The zero-order valence-corrected chi connectivity index (χ0v) is 20.8. The number of hydrogen-bond acceptors (Lipinski definition) is 7. The Labute approximate surface area is 219 Å². The quantitative estimate of drug-likeness (QED) is 0.256. The summed E-state index contributed by atoms with van der Waals surface area (Å²) in [6, 6.07) is 10.6. The summed E-state index contributed by atoms with van der Waals surface area (Å²) in [5, 5.41) is 10.2. The summed E-state index contributed by atoms with van der Waals surface area (Å²) >= 11 is 1.03. The van der Waals surface area contributed by atoms with Crippen molar-refractivity contribution in [2.24, 2.45) is 5.92 Å². The van der Waals surface area contributed by atoms with E-state index in [1.165, 1.54) is 6.07 Å². The summed E-state index contributed by atoms with van der Waals surface area (Å²) in [5.41, 5.74) is 6.06. The summed E-state index contributed by atoms with van der Waals surface area (Å²) in [6.45, 7) is 0. The molecule has 38 heavy (non-hydrogen) atoms. The molecule has 1 fully saturated rings. The molecule has 188 valence electrons. The maximum absolute atomic E-state index is 13.7. The highest BCUT2D eigenvalue weighted by Gasteiger charge is 2.23. The van der Waals surface area contributed by atoms with Crippen molar-refractivity contribution in [3.05, 3.63) is 60.1 Å². The highest BCUT2D eigenvalue weighted by atomic mass is 32.1. The van der Waals surface area contributed by atoms with Crippen molar-refractivity contribution in [3.8, 4) is 33.3 Å². The molecule has 6 aromatic heterocycles. The lowest BCUT2D eigenvalue weighted by molar-refractivity contribution is -0.119. The smallest absolute Gasteiger partial charge is 0.227 e. The minimum absolute atomic E-state index is 0.0472. The molecule has 0 saturated heterocycles. The average Bonchev–Trinajstić information content (AvgIpc) is 3.74. The van der Waals surface area contributed by atoms with Crippen LogP contribution in [0, 0.1) is 11.0 Å². The molecule has 0 spiro atoms. The molecule has 6 heterocycles. The molecule has 0 bridgehead atoms. The van der Waals surface area contributed by atoms with Gasteiger partial charge in [-0.2, -0.15) is 9.49 Å².